The van der Waals surface area contributed by atoms with Crippen LogP contribution in [0.3, 0.4) is 0 Å². The number of amides is 2. The number of aryl methyl sites for hydroxylation is 1. The Kier molecular flexibility index (Phi) is 7.95. The first-order valence-corrected chi connectivity index (χ1v) is 10.4. The van der Waals surface area contributed by atoms with Crippen molar-refractivity contribution in [2.75, 3.05) is 6.54 Å². The van der Waals surface area contributed by atoms with E-state index < -0.39 is 5.91 Å². The number of nitrogens with one attached hydrogen (secondary N) is 2. The number of rotatable bonds is 8. The summed E-state index contributed by atoms with van der Waals surface area (Å²) in [7, 11) is 0. The lowest BCUT2D eigenvalue weighted by Crippen LogP contribution is -2.34. The molecule has 0 unspecified atom stereocenters. The minimum atomic E-state index is -0.426. The average Bonchev–Trinajstić information content (AvgIpc) is 2.78. The fraction of sp³-hybridized carbons (Fsp3) is 0.125. The number of hydrazone groups is 1. The van der Waals surface area contributed by atoms with Crippen LogP contribution in [-0.2, 0) is 11.4 Å². The summed E-state index contributed by atoms with van der Waals surface area (Å²) in [4.78, 5) is 24.1. The maximum Gasteiger partial charge on any atom is 0.259 e. The highest BCUT2D eigenvalue weighted by atomic mass is 79.9. The number of halogens is 1. The van der Waals surface area contributed by atoms with E-state index in [0.29, 0.717) is 17.9 Å². The smallest absolute Gasteiger partial charge is 0.259 e. The molecule has 0 aliphatic carbocycles. The van der Waals surface area contributed by atoms with Crippen LogP contribution in [0.15, 0.2) is 82.4 Å². The van der Waals surface area contributed by atoms with Crippen molar-refractivity contribution in [1.29, 1.82) is 0 Å². The number of benzene rings is 3. The molecule has 0 aromatic heterocycles. The zero-order valence-electron chi connectivity index (χ0n) is 17.0. The van der Waals surface area contributed by atoms with Crippen LogP contribution >= 0.6 is 15.9 Å². The number of carbonyl (C=O) groups is 2. The molecule has 158 valence electrons. The average molecular weight is 480 g/mol. The predicted molar refractivity (Wildman–Crippen MR) is 124 cm³/mol. The number of hydrogen-bond donors (Lipinski definition) is 2. The Morgan fingerprint density at radius 1 is 1.03 bits per heavy atom. The van der Waals surface area contributed by atoms with Gasteiger partial charge in [0.05, 0.1) is 12.8 Å². The van der Waals surface area contributed by atoms with Gasteiger partial charge in [-0.05, 0) is 42.8 Å². The molecule has 2 N–H and O–H groups in total. The SMILES string of the molecule is Cc1cccc(C(=O)NCC(=O)N/N=C\c2cc(OCc3ccccc3)ccc2Br)c1. The molecule has 0 radical (unpaired) electrons. The zero-order chi connectivity index (χ0) is 22.1. The number of carbonyl (C=O) groups excluding carboxylic acids is 2. The molecule has 2 amide bonds. The highest BCUT2D eigenvalue weighted by Gasteiger charge is 2.08. The van der Waals surface area contributed by atoms with Gasteiger partial charge < -0.3 is 10.1 Å². The quantitative estimate of drug-likeness (QED) is 0.375. The molecule has 3 aromatic rings. The van der Waals surface area contributed by atoms with Gasteiger partial charge >= 0.3 is 0 Å². The fourth-order valence-corrected chi connectivity index (χ4v) is 3.06. The lowest BCUT2D eigenvalue weighted by atomic mass is 10.1. The van der Waals surface area contributed by atoms with Crippen molar-refractivity contribution in [1.82, 2.24) is 10.7 Å². The van der Waals surface area contributed by atoms with Crippen LogP contribution in [0, 0.1) is 6.92 Å². The van der Waals surface area contributed by atoms with E-state index in [-0.39, 0.29) is 12.5 Å². The summed E-state index contributed by atoms with van der Waals surface area (Å²) in [5, 5.41) is 6.54. The Morgan fingerprint density at radius 2 is 1.84 bits per heavy atom. The highest BCUT2D eigenvalue weighted by molar-refractivity contribution is 9.10. The van der Waals surface area contributed by atoms with Gasteiger partial charge in [-0.2, -0.15) is 5.10 Å². The summed E-state index contributed by atoms with van der Waals surface area (Å²) in [6, 6.07) is 22.6. The predicted octanol–water partition coefficient (Wildman–Crippen LogP) is 4.22. The Labute approximate surface area is 189 Å². The van der Waals surface area contributed by atoms with Crippen LogP contribution in [0.5, 0.6) is 5.75 Å². The van der Waals surface area contributed by atoms with E-state index in [1.54, 1.807) is 18.2 Å². The number of ether oxygens (including phenoxy) is 1. The molecule has 0 saturated heterocycles. The zero-order valence-corrected chi connectivity index (χ0v) is 18.6. The molecule has 3 rings (SSSR count). The lowest BCUT2D eigenvalue weighted by molar-refractivity contribution is -0.120. The fourth-order valence-electron chi connectivity index (χ4n) is 2.71. The topological polar surface area (TPSA) is 79.8 Å². The first-order chi connectivity index (χ1) is 15.0. The summed E-state index contributed by atoms with van der Waals surface area (Å²) < 4.78 is 6.62. The molecule has 0 fully saturated rings. The van der Waals surface area contributed by atoms with E-state index in [1.165, 1.54) is 6.21 Å². The van der Waals surface area contributed by atoms with Crippen molar-refractivity contribution >= 4 is 34.0 Å². The van der Waals surface area contributed by atoms with Gasteiger partial charge in [0.15, 0.2) is 0 Å². The molecular weight excluding hydrogens is 458 g/mol. The second-order valence-electron chi connectivity index (χ2n) is 6.80. The van der Waals surface area contributed by atoms with E-state index in [4.69, 9.17) is 4.74 Å². The Balaban J connectivity index is 1.50. The standard InChI is InChI=1S/C24H22BrN3O3/c1-17-6-5-9-19(12-17)24(30)26-15-23(29)28-27-14-20-13-21(10-11-22(20)25)31-16-18-7-3-2-4-8-18/h2-14H,15-16H2,1H3,(H,26,30)(H,28,29)/b27-14-. The molecule has 3 aromatic carbocycles. The van der Waals surface area contributed by atoms with Gasteiger partial charge in [-0.25, -0.2) is 5.43 Å². The van der Waals surface area contributed by atoms with Crippen LogP contribution in [0.2, 0.25) is 0 Å². The highest BCUT2D eigenvalue weighted by Crippen LogP contribution is 2.22. The molecule has 0 aliphatic rings. The molecule has 0 saturated carbocycles. The first kappa shape index (κ1) is 22.2. The largest absolute Gasteiger partial charge is 0.489 e. The van der Waals surface area contributed by atoms with E-state index in [0.717, 1.165) is 21.2 Å². The molecule has 0 spiro atoms. The van der Waals surface area contributed by atoms with Gasteiger partial charge in [0, 0.05) is 15.6 Å². The third-order valence-electron chi connectivity index (χ3n) is 4.30. The van der Waals surface area contributed by atoms with Crippen LogP contribution in [0.25, 0.3) is 0 Å². The number of nitrogens with zero attached hydrogens (tertiary/aromatic N) is 1. The van der Waals surface area contributed by atoms with Gasteiger partial charge in [-0.1, -0.05) is 64.0 Å². The molecule has 0 bridgehead atoms. The van der Waals surface area contributed by atoms with Crippen LogP contribution in [0.1, 0.15) is 27.0 Å². The van der Waals surface area contributed by atoms with Crippen LogP contribution in [-0.4, -0.2) is 24.6 Å². The monoisotopic (exact) mass is 479 g/mol. The minimum Gasteiger partial charge on any atom is -0.489 e. The van der Waals surface area contributed by atoms with Gasteiger partial charge in [0.2, 0.25) is 0 Å². The maximum absolute atomic E-state index is 12.1. The van der Waals surface area contributed by atoms with Crippen molar-refractivity contribution in [2.45, 2.75) is 13.5 Å². The molecule has 6 nitrogen and oxygen atoms in total. The summed E-state index contributed by atoms with van der Waals surface area (Å²) in [5.41, 5.74) is 5.70. The Hall–Kier alpha value is -3.45. The molecule has 0 heterocycles. The van der Waals surface area contributed by atoms with Crippen molar-refractivity contribution < 1.29 is 14.3 Å². The van der Waals surface area contributed by atoms with E-state index in [2.05, 4.69) is 31.8 Å². The van der Waals surface area contributed by atoms with Crippen molar-refractivity contribution in [3.8, 4) is 5.75 Å². The van der Waals surface area contributed by atoms with Crippen molar-refractivity contribution in [3.63, 3.8) is 0 Å². The van der Waals surface area contributed by atoms with Gasteiger partial charge in [0.25, 0.3) is 11.8 Å². The minimum absolute atomic E-state index is 0.175. The second kappa shape index (κ2) is 11.1. The third kappa shape index (κ3) is 7.08. The molecular formula is C24H22BrN3O3. The van der Waals surface area contributed by atoms with E-state index in [9.17, 15) is 9.59 Å². The number of hydrogen-bond acceptors (Lipinski definition) is 4. The first-order valence-electron chi connectivity index (χ1n) is 9.64. The van der Waals surface area contributed by atoms with Gasteiger partial charge in [-0.3, -0.25) is 9.59 Å². The molecule has 0 atom stereocenters. The van der Waals surface area contributed by atoms with Crippen LogP contribution in [0.4, 0.5) is 0 Å². The van der Waals surface area contributed by atoms with E-state index >= 15 is 0 Å². The lowest BCUT2D eigenvalue weighted by Gasteiger charge is -2.08. The van der Waals surface area contributed by atoms with Crippen molar-refractivity contribution in [2.24, 2.45) is 5.10 Å². The van der Waals surface area contributed by atoms with Crippen molar-refractivity contribution in [3.05, 3.63) is 99.5 Å². The molecule has 7 heteroatoms. The van der Waals surface area contributed by atoms with E-state index in [1.807, 2.05) is 61.5 Å². The van der Waals surface area contributed by atoms with Gasteiger partial charge in [-0.15, -0.1) is 0 Å². The third-order valence-corrected chi connectivity index (χ3v) is 5.02. The summed E-state index contributed by atoms with van der Waals surface area (Å²) in [6.07, 6.45) is 1.51. The Morgan fingerprint density at radius 3 is 2.61 bits per heavy atom. The second-order valence-corrected chi connectivity index (χ2v) is 7.66. The summed E-state index contributed by atoms with van der Waals surface area (Å²) >= 11 is 3.46. The normalized spacial score (nSPS) is 10.6. The summed E-state index contributed by atoms with van der Waals surface area (Å²) in [5.74, 6) is -0.0519. The van der Waals surface area contributed by atoms with Crippen LogP contribution < -0.4 is 15.5 Å². The summed E-state index contributed by atoms with van der Waals surface area (Å²) in [6.45, 7) is 2.18. The molecule has 0 aliphatic heterocycles. The maximum atomic E-state index is 12.1. The van der Waals surface area contributed by atoms with Gasteiger partial charge in [0.1, 0.15) is 12.4 Å². The molecule has 31 heavy (non-hydrogen) atoms. The Bertz CT molecular complexity index is 1080.